The van der Waals surface area contributed by atoms with Crippen LogP contribution < -0.4 is 10.1 Å². The summed E-state index contributed by atoms with van der Waals surface area (Å²) in [5, 5.41) is 12.8. The van der Waals surface area contributed by atoms with Crippen LogP contribution in [0.4, 0.5) is 4.79 Å². The van der Waals surface area contributed by atoms with E-state index in [0.29, 0.717) is 18.6 Å². The number of carbonyl (C=O) groups is 2. The van der Waals surface area contributed by atoms with E-state index >= 15 is 0 Å². The maximum atomic E-state index is 12.4. The van der Waals surface area contributed by atoms with E-state index in [2.05, 4.69) is 5.32 Å². The minimum absolute atomic E-state index is 0.0196. The predicted molar refractivity (Wildman–Crippen MR) is 86.2 cm³/mol. The first-order chi connectivity index (χ1) is 10.9. The van der Waals surface area contributed by atoms with E-state index in [-0.39, 0.29) is 19.1 Å². The fraction of sp³-hybridized carbons (Fsp3) is 0.529. The molecule has 1 aliphatic rings. The van der Waals surface area contributed by atoms with Gasteiger partial charge >= 0.3 is 6.03 Å². The maximum absolute atomic E-state index is 12.4. The van der Waals surface area contributed by atoms with E-state index in [0.717, 1.165) is 10.5 Å². The van der Waals surface area contributed by atoms with Crippen molar-refractivity contribution in [1.82, 2.24) is 10.2 Å². The SMILES string of the molecule is CCC1(CC)NC(=O)N(CC(O)COc2cccc(C)c2)C1=O. The minimum Gasteiger partial charge on any atom is -0.491 e. The first-order valence-electron chi connectivity index (χ1n) is 7.93. The first kappa shape index (κ1) is 17.3. The molecule has 6 heteroatoms. The molecule has 1 aliphatic heterocycles. The molecule has 6 nitrogen and oxygen atoms in total. The average molecular weight is 320 g/mol. The molecule has 0 bridgehead atoms. The molecule has 126 valence electrons. The van der Waals surface area contributed by atoms with Crippen LogP contribution in [0.25, 0.3) is 0 Å². The van der Waals surface area contributed by atoms with Crippen LogP contribution in [-0.4, -0.2) is 46.7 Å². The highest BCUT2D eigenvalue weighted by molar-refractivity contribution is 6.07. The molecule has 0 saturated carbocycles. The summed E-state index contributed by atoms with van der Waals surface area (Å²) < 4.78 is 5.51. The second-order valence-corrected chi connectivity index (χ2v) is 5.92. The van der Waals surface area contributed by atoms with E-state index in [4.69, 9.17) is 4.74 Å². The Hall–Kier alpha value is -2.08. The Balaban J connectivity index is 1.93. The zero-order valence-electron chi connectivity index (χ0n) is 13.8. The maximum Gasteiger partial charge on any atom is 0.325 e. The summed E-state index contributed by atoms with van der Waals surface area (Å²) in [5.74, 6) is 0.375. The van der Waals surface area contributed by atoms with E-state index in [1.807, 2.05) is 39.0 Å². The number of ether oxygens (including phenoxy) is 1. The Kier molecular flexibility index (Phi) is 5.26. The summed E-state index contributed by atoms with van der Waals surface area (Å²) in [6, 6.07) is 7.02. The van der Waals surface area contributed by atoms with Gasteiger partial charge in [0.15, 0.2) is 0 Å². The normalized spacial score (nSPS) is 18.0. The molecule has 2 N–H and O–H groups in total. The van der Waals surface area contributed by atoms with E-state index in [9.17, 15) is 14.7 Å². The standard InChI is InChI=1S/C17H24N2O4/c1-4-17(5-2)15(21)19(16(22)18-17)10-13(20)11-23-14-8-6-7-12(3)9-14/h6-9,13,20H,4-5,10-11H2,1-3H3,(H,18,22). The van der Waals surface area contributed by atoms with Crippen molar-refractivity contribution in [3.8, 4) is 5.75 Å². The van der Waals surface area contributed by atoms with Crippen molar-refractivity contribution >= 4 is 11.9 Å². The van der Waals surface area contributed by atoms with Crippen LogP contribution in [0.5, 0.6) is 5.75 Å². The van der Waals surface area contributed by atoms with Crippen LogP contribution in [0.2, 0.25) is 0 Å². The van der Waals surface area contributed by atoms with Crippen molar-refractivity contribution in [3.05, 3.63) is 29.8 Å². The lowest BCUT2D eigenvalue weighted by molar-refractivity contribution is -0.132. The summed E-state index contributed by atoms with van der Waals surface area (Å²) in [7, 11) is 0. The second kappa shape index (κ2) is 7.00. The summed E-state index contributed by atoms with van der Waals surface area (Å²) in [5.41, 5.74) is 0.218. The third-order valence-electron chi connectivity index (χ3n) is 4.28. The van der Waals surface area contributed by atoms with Crippen molar-refractivity contribution in [2.24, 2.45) is 0 Å². The number of carbonyl (C=O) groups excluding carboxylic acids is 2. The van der Waals surface area contributed by atoms with Gasteiger partial charge in [0.2, 0.25) is 0 Å². The lowest BCUT2D eigenvalue weighted by Crippen LogP contribution is -2.46. The molecular formula is C17H24N2O4. The number of hydrogen-bond acceptors (Lipinski definition) is 4. The first-order valence-corrected chi connectivity index (χ1v) is 7.93. The molecule has 1 heterocycles. The highest BCUT2D eigenvalue weighted by Gasteiger charge is 2.48. The summed E-state index contributed by atoms with van der Waals surface area (Å²) in [4.78, 5) is 25.5. The predicted octanol–water partition coefficient (Wildman–Crippen LogP) is 1.85. The van der Waals surface area contributed by atoms with Gasteiger partial charge in [-0.05, 0) is 37.5 Å². The van der Waals surface area contributed by atoms with Gasteiger partial charge in [-0.15, -0.1) is 0 Å². The number of aliphatic hydroxyl groups excluding tert-OH is 1. The molecular weight excluding hydrogens is 296 g/mol. The van der Waals surface area contributed by atoms with Crippen LogP contribution in [-0.2, 0) is 4.79 Å². The molecule has 1 saturated heterocycles. The molecule has 1 aromatic rings. The van der Waals surface area contributed by atoms with E-state index < -0.39 is 17.7 Å². The smallest absolute Gasteiger partial charge is 0.325 e. The van der Waals surface area contributed by atoms with E-state index in [1.54, 1.807) is 6.07 Å². The number of hydrogen-bond donors (Lipinski definition) is 2. The van der Waals surface area contributed by atoms with Gasteiger partial charge in [-0.25, -0.2) is 4.79 Å². The Bertz CT molecular complexity index is 584. The molecule has 1 aromatic carbocycles. The summed E-state index contributed by atoms with van der Waals surface area (Å²) in [6.07, 6.45) is 0.121. The second-order valence-electron chi connectivity index (χ2n) is 5.92. The van der Waals surface area contributed by atoms with Gasteiger partial charge in [0.1, 0.15) is 24.0 Å². The zero-order chi connectivity index (χ0) is 17.0. The van der Waals surface area contributed by atoms with Gasteiger partial charge in [0.25, 0.3) is 5.91 Å². The summed E-state index contributed by atoms with van der Waals surface area (Å²) in [6.45, 7) is 5.63. The Labute approximate surface area is 136 Å². The van der Waals surface area contributed by atoms with Crippen LogP contribution in [0.3, 0.4) is 0 Å². The van der Waals surface area contributed by atoms with E-state index in [1.165, 1.54) is 0 Å². The number of nitrogens with zero attached hydrogens (tertiary/aromatic N) is 1. The van der Waals surface area contributed by atoms with Crippen LogP contribution in [0.1, 0.15) is 32.3 Å². The molecule has 1 fully saturated rings. The van der Waals surface area contributed by atoms with Gasteiger partial charge in [-0.2, -0.15) is 0 Å². The minimum atomic E-state index is -0.935. The van der Waals surface area contributed by atoms with Gasteiger partial charge < -0.3 is 15.2 Å². The zero-order valence-corrected chi connectivity index (χ0v) is 13.8. The topological polar surface area (TPSA) is 78.9 Å². The van der Waals surface area contributed by atoms with Gasteiger partial charge in [-0.3, -0.25) is 9.69 Å². The Morgan fingerprint density at radius 2 is 2.00 bits per heavy atom. The number of aryl methyl sites for hydroxylation is 1. The molecule has 0 radical (unpaired) electrons. The number of β-amino-alcohol motifs (C(OH)–C–C–N with tert-alkyl or cyclic N) is 1. The fourth-order valence-electron chi connectivity index (χ4n) is 2.73. The van der Waals surface area contributed by atoms with Gasteiger partial charge in [-0.1, -0.05) is 26.0 Å². The lowest BCUT2D eigenvalue weighted by atomic mass is 9.93. The highest BCUT2D eigenvalue weighted by Crippen LogP contribution is 2.25. The van der Waals surface area contributed by atoms with Gasteiger partial charge in [0.05, 0.1) is 6.54 Å². The number of aliphatic hydroxyl groups is 1. The monoisotopic (exact) mass is 320 g/mol. The number of amides is 3. The van der Waals surface area contributed by atoms with Crippen molar-refractivity contribution in [3.63, 3.8) is 0 Å². The van der Waals surface area contributed by atoms with Crippen molar-refractivity contribution in [2.45, 2.75) is 45.3 Å². The molecule has 1 atom stereocenters. The van der Waals surface area contributed by atoms with Crippen molar-refractivity contribution in [1.29, 1.82) is 0 Å². The third-order valence-corrected chi connectivity index (χ3v) is 4.28. The largest absolute Gasteiger partial charge is 0.491 e. The number of benzene rings is 1. The van der Waals surface area contributed by atoms with Crippen LogP contribution >= 0.6 is 0 Å². The van der Waals surface area contributed by atoms with Crippen LogP contribution in [0, 0.1) is 6.92 Å². The van der Waals surface area contributed by atoms with Gasteiger partial charge in [0, 0.05) is 0 Å². The molecule has 2 rings (SSSR count). The molecule has 3 amide bonds. The average Bonchev–Trinajstić information content (AvgIpc) is 2.78. The molecule has 23 heavy (non-hydrogen) atoms. The molecule has 0 aromatic heterocycles. The van der Waals surface area contributed by atoms with Crippen molar-refractivity contribution < 1.29 is 19.4 Å². The number of imide groups is 1. The summed E-state index contributed by atoms with van der Waals surface area (Å²) >= 11 is 0. The quantitative estimate of drug-likeness (QED) is 0.752. The fourth-order valence-corrected chi connectivity index (χ4v) is 2.73. The molecule has 0 spiro atoms. The molecule has 1 unspecified atom stereocenters. The Morgan fingerprint density at radius 1 is 1.30 bits per heavy atom. The number of urea groups is 1. The third kappa shape index (κ3) is 3.64. The number of rotatable bonds is 7. The Morgan fingerprint density at radius 3 is 2.57 bits per heavy atom. The van der Waals surface area contributed by atoms with Crippen molar-refractivity contribution in [2.75, 3.05) is 13.2 Å². The van der Waals surface area contributed by atoms with Crippen LogP contribution in [0.15, 0.2) is 24.3 Å². The molecule has 0 aliphatic carbocycles. The highest BCUT2D eigenvalue weighted by atomic mass is 16.5. The lowest BCUT2D eigenvalue weighted by Gasteiger charge is -2.24. The number of nitrogens with one attached hydrogen (secondary N) is 1.